The lowest BCUT2D eigenvalue weighted by atomic mass is 10.1. The Hall–Kier alpha value is 0.430. The van der Waals surface area contributed by atoms with Gasteiger partial charge in [0.05, 0.1) is 0 Å². The Bertz CT molecular complexity index is 62.2. The van der Waals surface area contributed by atoms with Gasteiger partial charge >= 0.3 is 0 Å². The van der Waals surface area contributed by atoms with Crippen LogP contribution in [0.4, 0.5) is 0 Å². The average Bonchev–Trinajstić information content (AvgIpc) is 2.22. The molecule has 2 heterocycles. The number of rotatable bonds is 0. The van der Waals surface area contributed by atoms with Crippen molar-refractivity contribution in [1.82, 2.24) is 0 Å². The zero-order valence-electron chi connectivity index (χ0n) is 4.56. The van der Waals surface area contributed by atoms with E-state index in [1.54, 1.807) is 31.3 Å². The number of hydrogen-bond donors (Lipinski definition) is 0. The molecular formula is C6H11P. The second-order valence-corrected chi connectivity index (χ2v) is 5.35. The molecule has 40 valence electrons. The van der Waals surface area contributed by atoms with Crippen molar-refractivity contribution in [3.63, 3.8) is 0 Å². The minimum absolute atomic E-state index is 0.631. The molecule has 2 aliphatic rings. The molecule has 7 heavy (non-hydrogen) atoms. The third kappa shape index (κ3) is 0.606. The van der Waals surface area contributed by atoms with Gasteiger partial charge < -0.3 is 0 Å². The minimum atomic E-state index is 0.631. The summed E-state index contributed by atoms with van der Waals surface area (Å²) in [5.74, 6) is 1.20. The van der Waals surface area contributed by atoms with E-state index in [2.05, 4.69) is 0 Å². The lowest BCUT2D eigenvalue weighted by Gasteiger charge is -2.05. The molecule has 0 spiro atoms. The first-order valence-corrected chi connectivity index (χ1v) is 5.07. The summed E-state index contributed by atoms with van der Waals surface area (Å²) in [7, 11) is 0.631. The molecule has 2 rings (SSSR count). The van der Waals surface area contributed by atoms with Crippen LogP contribution in [0.5, 0.6) is 0 Å². The first kappa shape index (κ1) is 4.32. The molecule has 0 aromatic rings. The maximum Gasteiger partial charge on any atom is -0.0297 e. The van der Waals surface area contributed by atoms with Gasteiger partial charge in [-0.1, -0.05) is 0 Å². The maximum absolute atomic E-state index is 1.65. The predicted molar refractivity (Wildman–Crippen MR) is 34.2 cm³/mol. The Morgan fingerprint density at radius 1 is 1.14 bits per heavy atom. The highest BCUT2D eigenvalue weighted by atomic mass is 31.1. The van der Waals surface area contributed by atoms with Crippen LogP contribution in [0, 0.1) is 5.92 Å². The standard InChI is InChI=1S/C6H11P/c1-3-7-4-2-6(1)5-7/h6H,1-5H2. The van der Waals surface area contributed by atoms with Crippen LogP contribution in [0.1, 0.15) is 12.8 Å². The van der Waals surface area contributed by atoms with Crippen LogP contribution in [0.15, 0.2) is 0 Å². The summed E-state index contributed by atoms with van der Waals surface area (Å²) in [6, 6.07) is 0. The van der Waals surface area contributed by atoms with Crippen molar-refractivity contribution in [3.8, 4) is 0 Å². The van der Waals surface area contributed by atoms with Crippen molar-refractivity contribution in [2.75, 3.05) is 18.5 Å². The summed E-state index contributed by atoms with van der Waals surface area (Å²) in [6.45, 7) is 0. The molecule has 0 atom stereocenters. The van der Waals surface area contributed by atoms with Crippen LogP contribution in [-0.2, 0) is 0 Å². The van der Waals surface area contributed by atoms with E-state index in [0.717, 1.165) is 0 Å². The highest BCUT2D eigenvalue weighted by molar-refractivity contribution is 7.58. The highest BCUT2D eigenvalue weighted by Crippen LogP contribution is 2.54. The van der Waals surface area contributed by atoms with Crippen molar-refractivity contribution in [3.05, 3.63) is 0 Å². The molecule has 0 unspecified atom stereocenters. The monoisotopic (exact) mass is 114 g/mol. The first-order chi connectivity index (χ1) is 3.45. The van der Waals surface area contributed by atoms with Crippen LogP contribution in [0.3, 0.4) is 0 Å². The molecule has 0 nitrogen and oxygen atoms in total. The van der Waals surface area contributed by atoms with E-state index in [9.17, 15) is 0 Å². The predicted octanol–water partition coefficient (Wildman–Crippen LogP) is 1.89. The van der Waals surface area contributed by atoms with Crippen molar-refractivity contribution in [1.29, 1.82) is 0 Å². The van der Waals surface area contributed by atoms with Gasteiger partial charge in [0, 0.05) is 0 Å². The summed E-state index contributed by atoms with van der Waals surface area (Å²) in [5, 5.41) is 0. The topological polar surface area (TPSA) is 0 Å². The molecule has 1 heteroatoms. The second-order valence-electron chi connectivity index (χ2n) is 2.74. The van der Waals surface area contributed by atoms with Gasteiger partial charge in [-0.2, -0.15) is 0 Å². The first-order valence-electron chi connectivity index (χ1n) is 3.17. The van der Waals surface area contributed by atoms with Crippen LogP contribution in [-0.4, -0.2) is 18.5 Å². The third-order valence-electron chi connectivity index (χ3n) is 2.22. The van der Waals surface area contributed by atoms with Gasteiger partial charge in [0.15, 0.2) is 0 Å². The molecule has 0 amide bonds. The zero-order chi connectivity index (χ0) is 4.69. The molecule has 0 saturated carbocycles. The van der Waals surface area contributed by atoms with E-state index in [4.69, 9.17) is 0 Å². The zero-order valence-corrected chi connectivity index (χ0v) is 5.45. The fraction of sp³-hybridized carbons (Fsp3) is 1.00. The molecule has 2 saturated heterocycles. The van der Waals surface area contributed by atoms with E-state index in [1.807, 2.05) is 0 Å². The summed E-state index contributed by atoms with van der Waals surface area (Å²) in [6.07, 6.45) is 8.08. The summed E-state index contributed by atoms with van der Waals surface area (Å²) >= 11 is 0. The largest absolute Gasteiger partial charge is 0.106 e. The smallest absolute Gasteiger partial charge is 0.0297 e. The molecule has 0 aromatic heterocycles. The molecule has 2 aliphatic heterocycles. The van der Waals surface area contributed by atoms with E-state index >= 15 is 0 Å². The Morgan fingerprint density at radius 3 is 2.00 bits per heavy atom. The minimum Gasteiger partial charge on any atom is -0.106 e. The highest BCUT2D eigenvalue weighted by Gasteiger charge is 2.30. The van der Waals surface area contributed by atoms with Crippen LogP contribution in [0.25, 0.3) is 0 Å². The van der Waals surface area contributed by atoms with Crippen molar-refractivity contribution in [2.24, 2.45) is 5.92 Å². The number of fused-ring (bicyclic) bond motifs is 2. The lowest BCUT2D eigenvalue weighted by molar-refractivity contribution is 0.589. The molecule has 0 aliphatic carbocycles. The number of hydrogen-bond acceptors (Lipinski definition) is 0. The van der Waals surface area contributed by atoms with E-state index in [1.165, 1.54) is 5.92 Å². The summed E-state index contributed by atoms with van der Waals surface area (Å²) in [4.78, 5) is 0. The van der Waals surface area contributed by atoms with Crippen molar-refractivity contribution in [2.45, 2.75) is 12.8 Å². The summed E-state index contributed by atoms with van der Waals surface area (Å²) in [5.41, 5.74) is 0. The molecule has 2 fully saturated rings. The average molecular weight is 114 g/mol. The van der Waals surface area contributed by atoms with Gasteiger partial charge in [-0.25, -0.2) is 0 Å². The van der Waals surface area contributed by atoms with Crippen LogP contribution < -0.4 is 0 Å². The molecule has 0 N–H and O–H groups in total. The molecule has 2 bridgehead atoms. The van der Waals surface area contributed by atoms with Crippen molar-refractivity contribution < 1.29 is 0 Å². The Labute approximate surface area is 46.1 Å². The fourth-order valence-corrected chi connectivity index (χ4v) is 4.86. The molecule has 0 radical (unpaired) electrons. The Balaban J connectivity index is 2.12. The summed E-state index contributed by atoms with van der Waals surface area (Å²) < 4.78 is 0. The Kier molecular flexibility index (Phi) is 0.896. The van der Waals surface area contributed by atoms with Gasteiger partial charge in [-0.05, 0) is 37.2 Å². The normalized spacial score (nSPS) is 48.0. The van der Waals surface area contributed by atoms with Gasteiger partial charge in [-0.3, -0.25) is 0 Å². The van der Waals surface area contributed by atoms with Gasteiger partial charge in [0.25, 0.3) is 0 Å². The molecular weight excluding hydrogens is 103 g/mol. The SMILES string of the molecule is C1CP2CCC1C2. The third-order valence-corrected chi connectivity index (χ3v) is 5.04. The fourth-order valence-electron chi connectivity index (χ4n) is 1.72. The van der Waals surface area contributed by atoms with E-state index in [-0.39, 0.29) is 0 Å². The van der Waals surface area contributed by atoms with Crippen LogP contribution >= 0.6 is 7.92 Å². The van der Waals surface area contributed by atoms with E-state index < -0.39 is 0 Å². The van der Waals surface area contributed by atoms with Gasteiger partial charge in [-0.15, -0.1) is 7.92 Å². The second kappa shape index (κ2) is 1.45. The lowest BCUT2D eigenvalue weighted by Crippen LogP contribution is -1.94. The van der Waals surface area contributed by atoms with Gasteiger partial charge in [0.1, 0.15) is 0 Å². The Morgan fingerprint density at radius 2 is 1.86 bits per heavy atom. The van der Waals surface area contributed by atoms with Crippen LogP contribution in [0.2, 0.25) is 0 Å². The molecule has 0 aromatic carbocycles. The quantitative estimate of drug-likeness (QED) is 0.422. The van der Waals surface area contributed by atoms with E-state index in [0.29, 0.717) is 7.92 Å². The van der Waals surface area contributed by atoms with Crippen molar-refractivity contribution >= 4 is 7.92 Å². The van der Waals surface area contributed by atoms with Gasteiger partial charge in [0.2, 0.25) is 0 Å². The maximum atomic E-state index is 1.65.